The van der Waals surface area contributed by atoms with E-state index >= 15 is 0 Å². The molecule has 1 aliphatic heterocycles. The molecule has 2 atom stereocenters. The number of rotatable bonds is 9. The number of anilines is 1. The summed E-state index contributed by atoms with van der Waals surface area (Å²) in [6.45, 7) is 5.95. The van der Waals surface area contributed by atoms with Crippen molar-refractivity contribution >= 4 is 39.3 Å². The molecule has 0 saturated heterocycles. The van der Waals surface area contributed by atoms with Crippen molar-refractivity contribution in [3.63, 3.8) is 0 Å². The third-order valence-electron chi connectivity index (χ3n) is 6.15. The molecule has 1 aliphatic rings. The maximum Gasteiger partial charge on any atom is 0.328 e. The number of aliphatic carboxylic acids is 1. The highest BCUT2D eigenvalue weighted by molar-refractivity contribution is 7.17. The van der Waals surface area contributed by atoms with Gasteiger partial charge in [0.25, 0.3) is 0 Å². The Morgan fingerprint density at radius 2 is 1.97 bits per heavy atom. The molecule has 38 heavy (non-hydrogen) atoms. The number of carboxylic acid groups (broad SMARTS) is 1. The molecule has 196 valence electrons. The van der Waals surface area contributed by atoms with E-state index in [1.807, 2.05) is 55.6 Å². The van der Waals surface area contributed by atoms with Crippen LogP contribution in [0.2, 0.25) is 0 Å². The van der Waals surface area contributed by atoms with E-state index < -0.39 is 24.0 Å². The normalized spacial score (nSPS) is 13.8. The van der Waals surface area contributed by atoms with Crippen molar-refractivity contribution in [3.05, 3.63) is 59.0 Å². The number of carbonyl (C=O) groups excluding carboxylic acids is 1. The maximum absolute atomic E-state index is 12.8. The van der Waals surface area contributed by atoms with Gasteiger partial charge in [0.2, 0.25) is 12.7 Å². The quantitative estimate of drug-likeness (QED) is 0.225. The highest BCUT2D eigenvalue weighted by atomic mass is 32.1. The third-order valence-corrected chi connectivity index (χ3v) is 7.02. The van der Waals surface area contributed by atoms with Crippen LogP contribution < -0.4 is 14.8 Å². The van der Waals surface area contributed by atoms with Gasteiger partial charge >= 0.3 is 11.9 Å². The van der Waals surface area contributed by atoms with Gasteiger partial charge in [-0.25, -0.2) is 9.97 Å². The van der Waals surface area contributed by atoms with Gasteiger partial charge in [0.15, 0.2) is 17.3 Å². The van der Waals surface area contributed by atoms with E-state index in [0.29, 0.717) is 40.5 Å². The smallest absolute Gasteiger partial charge is 0.328 e. The predicted molar refractivity (Wildman–Crippen MR) is 141 cm³/mol. The van der Waals surface area contributed by atoms with Crippen molar-refractivity contribution in [2.24, 2.45) is 0 Å². The summed E-state index contributed by atoms with van der Waals surface area (Å²) in [5.41, 5.74) is 3.35. The van der Waals surface area contributed by atoms with Gasteiger partial charge in [-0.1, -0.05) is 19.1 Å². The maximum atomic E-state index is 12.8. The molecule has 2 unspecified atom stereocenters. The van der Waals surface area contributed by atoms with Crippen LogP contribution in [0.3, 0.4) is 0 Å². The summed E-state index contributed by atoms with van der Waals surface area (Å²) < 4.78 is 16.3. The first kappa shape index (κ1) is 25.4. The van der Waals surface area contributed by atoms with E-state index in [2.05, 4.69) is 20.3 Å². The van der Waals surface area contributed by atoms with Crippen molar-refractivity contribution in [3.8, 4) is 22.6 Å². The number of ether oxygens (including phenoxy) is 3. The molecule has 4 aromatic rings. The Bertz CT molecular complexity index is 1520. The van der Waals surface area contributed by atoms with Crippen LogP contribution in [0.15, 0.2) is 41.8 Å². The molecule has 0 radical (unpaired) electrons. The zero-order valence-electron chi connectivity index (χ0n) is 21.1. The van der Waals surface area contributed by atoms with E-state index in [1.165, 1.54) is 11.3 Å². The standard InChI is InChI=1S/C27H26N4O6S/c1-4-15(3)37-27(34)22(26(32)33)24-30-23(28-11-17-7-5-6-14(2)29-17)21-18(12-38-25(21)31-24)16-8-9-19-20(10-16)36-13-35-19/h5-10,12,15,22H,4,11,13H2,1-3H3,(H,32,33)(H,28,30,31). The van der Waals surface area contributed by atoms with Crippen LogP contribution in [-0.2, 0) is 20.9 Å². The number of carbonyl (C=O) groups is 2. The number of nitrogens with one attached hydrogen (secondary N) is 1. The number of fused-ring (bicyclic) bond motifs is 2. The number of hydrogen-bond donors (Lipinski definition) is 2. The number of hydrogen-bond acceptors (Lipinski definition) is 10. The minimum atomic E-state index is -1.66. The lowest BCUT2D eigenvalue weighted by molar-refractivity contribution is -0.157. The molecule has 11 heteroatoms. The van der Waals surface area contributed by atoms with Gasteiger partial charge in [0.05, 0.1) is 23.7 Å². The second kappa shape index (κ2) is 10.6. The monoisotopic (exact) mass is 534 g/mol. The second-order valence-electron chi connectivity index (χ2n) is 8.88. The van der Waals surface area contributed by atoms with Gasteiger partial charge in [-0.15, -0.1) is 11.3 Å². The van der Waals surface area contributed by atoms with E-state index in [0.717, 1.165) is 22.5 Å². The summed E-state index contributed by atoms with van der Waals surface area (Å²) >= 11 is 1.33. The molecule has 2 N–H and O–H groups in total. The average Bonchev–Trinajstić information content (AvgIpc) is 3.53. The number of aromatic nitrogens is 3. The Balaban J connectivity index is 1.60. The molecule has 0 saturated carbocycles. The Labute approximate surface area is 222 Å². The Morgan fingerprint density at radius 1 is 1.16 bits per heavy atom. The minimum Gasteiger partial charge on any atom is -0.480 e. The van der Waals surface area contributed by atoms with Gasteiger partial charge in [-0.2, -0.15) is 0 Å². The zero-order valence-corrected chi connectivity index (χ0v) is 21.9. The fourth-order valence-electron chi connectivity index (χ4n) is 4.03. The van der Waals surface area contributed by atoms with E-state index in [9.17, 15) is 14.7 Å². The molecule has 0 spiro atoms. The topological polar surface area (TPSA) is 133 Å². The Hall–Kier alpha value is -4.25. The first-order valence-electron chi connectivity index (χ1n) is 12.1. The van der Waals surface area contributed by atoms with Crippen LogP contribution in [0.1, 0.15) is 43.4 Å². The number of benzene rings is 1. The number of aryl methyl sites for hydroxylation is 1. The average molecular weight is 535 g/mol. The van der Waals surface area contributed by atoms with E-state index in [4.69, 9.17) is 14.2 Å². The molecule has 5 rings (SSSR count). The zero-order chi connectivity index (χ0) is 26.8. The highest BCUT2D eigenvalue weighted by Crippen LogP contribution is 2.42. The molecule has 0 bridgehead atoms. The summed E-state index contributed by atoms with van der Waals surface area (Å²) in [7, 11) is 0. The Kier molecular flexibility index (Phi) is 7.10. The predicted octanol–water partition coefficient (Wildman–Crippen LogP) is 4.91. The van der Waals surface area contributed by atoms with Crippen LogP contribution in [0.25, 0.3) is 21.3 Å². The summed E-state index contributed by atoms with van der Waals surface area (Å²) in [5.74, 6) is -2.39. The van der Waals surface area contributed by atoms with Crippen molar-refractivity contribution in [2.75, 3.05) is 12.1 Å². The molecular weight excluding hydrogens is 508 g/mol. The number of thiophene rings is 1. The molecular formula is C27H26N4O6S. The fraction of sp³-hybridized carbons (Fsp3) is 0.296. The van der Waals surface area contributed by atoms with Gasteiger partial charge in [0, 0.05) is 16.6 Å². The molecule has 0 fully saturated rings. The lowest BCUT2D eigenvalue weighted by atomic mass is 10.0. The first-order valence-corrected chi connectivity index (χ1v) is 13.0. The molecule has 0 aliphatic carbocycles. The lowest BCUT2D eigenvalue weighted by Crippen LogP contribution is -2.28. The van der Waals surface area contributed by atoms with E-state index in [1.54, 1.807) is 6.92 Å². The number of nitrogens with zero attached hydrogens (tertiary/aromatic N) is 3. The van der Waals surface area contributed by atoms with Crippen LogP contribution in [-0.4, -0.2) is 44.9 Å². The minimum absolute atomic E-state index is 0.142. The highest BCUT2D eigenvalue weighted by Gasteiger charge is 2.35. The fourth-order valence-corrected chi connectivity index (χ4v) is 4.98. The van der Waals surface area contributed by atoms with Crippen molar-refractivity contribution in [1.82, 2.24) is 15.0 Å². The van der Waals surface area contributed by atoms with Gasteiger partial charge < -0.3 is 24.6 Å². The van der Waals surface area contributed by atoms with Gasteiger partial charge in [0.1, 0.15) is 10.6 Å². The summed E-state index contributed by atoms with van der Waals surface area (Å²) in [5, 5.41) is 15.8. The van der Waals surface area contributed by atoms with Crippen LogP contribution in [0.5, 0.6) is 11.5 Å². The molecule has 0 amide bonds. The summed E-state index contributed by atoms with van der Waals surface area (Å²) in [6, 6.07) is 11.3. The van der Waals surface area contributed by atoms with E-state index in [-0.39, 0.29) is 12.6 Å². The summed E-state index contributed by atoms with van der Waals surface area (Å²) in [4.78, 5) is 39.1. The van der Waals surface area contributed by atoms with Crippen molar-refractivity contribution in [2.45, 2.75) is 45.8 Å². The number of carboxylic acids is 1. The molecule has 10 nitrogen and oxygen atoms in total. The van der Waals surface area contributed by atoms with Crippen LogP contribution in [0.4, 0.5) is 5.82 Å². The molecule has 4 heterocycles. The van der Waals surface area contributed by atoms with Crippen molar-refractivity contribution < 1.29 is 28.9 Å². The van der Waals surface area contributed by atoms with Crippen LogP contribution >= 0.6 is 11.3 Å². The molecule has 1 aromatic carbocycles. The van der Waals surface area contributed by atoms with Crippen molar-refractivity contribution in [1.29, 1.82) is 0 Å². The third kappa shape index (κ3) is 5.10. The van der Waals surface area contributed by atoms with Crippen LogP contribution in [0, 0.1) is 6.92 Å². The second-order valence-corrected chi connectivity index (χ2v) is 9.74. The lowest BCUT2D eigenvalue weighted by Gasteiger charge is -2.16. The SMILES string of the molecule is CCC(C)OC(=O)C(C(=O)O)c1nc(NCc2cccc(C)n2)c2c(-c3ccc4c(c3)OCO4)csc2n1. The first-order chi connectivity index (χ1) is 18.3. The molecule has 3 aromatic heterocycles. The number of pyridine rings is 1. The Morgan fingerprint density at radius 3 is 2.74 bits per heavy atom. The van der Waals surface area contributed by atoms with Gasteiger partial charge in [-0.3, -0.25) is 14.6 Å². The number of esters is 1. The van der Waals surface area contributed by atoms with Gasteiger partial charge in [-0.05, 0) is 50.1 Å². The summed E-state index contributed by atoms with van der Waals surface area (Å²) in [6.07, 6.45) is 0.121. The largest absolute Gasteiger partial charge is 0.480 e.